The number of hydrogen-bond acceptors (Lipinski definition) is 4. The number of para-hydroxylation sites is 1. The number of ether oxygens (including phenoxy) is 2. The molecular weight excluding hydrogens is 318 g/mol. The molecule has 0 bridgehead atoms. The Morgan fingerprint density at radius 3 is 2.60 bits per heavy atom. The first-order chi connectivity index (χ1) is 12.1. The Hall–Kier alpha value is -2.53. The molecule has 1 aliphatic heterocycles. The molecule has 2 aromatic rings. The molecule has 5 heteroatoms. The normalized spacial score (nSPS) is 17.6. The van der Waals surface area contributed by atoms with Crippen LogP contribution < -0.4 is 9.47 Å². The minimum absolute atomic E-state index is 0.0479. The van der Waals surface area contributed by atoms with E-state index < -0.39 is 6.10 Å². The van der Waals surface area contributed by atoms with Crippen LogP contribution in [0.25, 0.3) is 0 Å². The highest BCUT2D eigenvalue weighted by Crippen LogP contribution is 2.30. The standard InChI is InChI=1S/C20H23NO4/c1-14(22)7-12-19-21(13-15-8-10-16(24-2)11-9-15)20(23)17-5-3-4-6-18(17)25-19/h3-6,8-11,14,19,22H,7,12-13H2,1-2H3. The number of aliphatic hydroxyl groups excluding tert-OH is 1. The van der Waals surface area contributed by atoms with E-state index in [0.717, 1.165) is 11.3 Å². The second kappa shape index (κ2) is 7.57. The Balaban J connectivity index is 1.84. The van der Waals surface area contributed by atoms with Gasteiger partial charge in [0.25, 0.3) is 5.91 Å². The molecule has 0 saturated carbocycles. The Morgan fingerprint density at radius 2 is 1.92 bits per heavy atom. The van der Waals surface area contributed by atoms with E-state index in [2.05, 4.69) is 0 Å². The number of carbonyl (C=O) groups is 1. The zero-order valence-corrected chi connectivity index (χ0v) is 14.5. The average Bonchev–Trinajstić information content (AvgIpc) is 2.63. The van der Waals surface area contributed by atoms with Gasteiger partial charge in [-0.25, -0.2) is 0 Å². The van der Waals surface area contributed by atoms with E-state index in [1.807, 2.05) is 42.5 Å². The second-order valence-electron chi connectivity index (χ2n) is 6.28. The molecule has 0 radical (unpaired) electrons. The van der Waals surface area contributed by atoms with Gasteiger partial charge in [0.05, 0.1) is 18.8 Å². The highest BCUT2D eigenvalue weighted by molar-refractivity contribution is 5.97. The van der Waals surface area contributed by atoms with E-state index in [1.54, 1.807) is 25.0 Å². The average molecular weight is 341 g/mol. The summed E-state index contributed by atoms with van der Waals surface area (Å²) in [5, 5.41) is 9.60. The van der Waals surface area contributed by atoms with Crippen molar-refractivity contribution < 1.29 is 19.4 Å². The maximum atomic E-state index is 13.0. The summed E-state index contributed by atoms with van der Waals surface area (Å²) in [4.78, 5) is 14.7. The number of fused-ring (bicyclic) bond motifs is 1. The summed E-state index contributed by atoms with van der Waals surface area (Å²) in [6, 6.07) is 14.9. The van der Waals surface area contributed by atoms with Crippen molar-refractivity contribution in [3.8, 4) is 11.5 Å². The predicted octanol–water partition coefficient (Wildman–Crippen LogP) is 3.22. The van der Waals surface area contributed by atoms with Crippen LogP contribution >= 0.6 is 0 Å². The van der Waals surface area contributed by atoms with Crippen LogP contribution in [0.4, 0.5) is 0 Å². The molecule has 1 heterocycles. The van der Waals surface area contributed by atoms with Crippen molar-refractivity contribution in [2.45, 2.75) is 38.6 Å². The first kappa shape index (κ1) is 17.3. The Kier molecular flexibility index (Phi) is 5.24. The van der Waals surface area contributed by atoms with Crippen molar-refractivity contribution in [3.63, 3.8) is 0 Å². The summed E-state index contributed by atoms with van der Waals surface area (Å²) in [5.74, 6) is 1.34. The van der Waals surface area contributed by atoms with Gasteiger partial charge < -0.3 is 14.6 Å². The van der Waals surface area contributed by atoms with E-state index in [1.165, 1.54) is 0 Å². The van der Waals surface area contributed by atoms with Crippen molar-refractivity contribution >= 4 is 5.91 Å². The maximum Gasteiger partial charge on any atom is 0.260 e. The van der Waals surface area contributed by atoms with Crippen LogP contribution in [0.15, 0.2) is 48.5 Å². The fourth-order valence-electron chi connectivity index (χ4n) is 2.94. The SMILES string of the molecule is COc1ccc(CN2C(=O)c3ccccc3OC2CCC(C)O)cc1. The van der Waals surface area contributed by atoms with Gasteiger partial charge in [-0.05, 0) is 43.2 Å². The lowest BCUT2D eigenvalue weighted by molar-refractivity contribution is -0.00379. The molecule has 2 aromatic carbocycles. The molecule has 25 heavy (non-hydrogen) atoms. The van der Waals surface area contributed by atoms with Gasteiger partial charge in [-0.2, -0.15) is 0 Å². The van der Waals surface area contributed by atoms with Crippen LogP contribution in [0, 0.1) is 0 Å². The lowest BCUT2D eigenvalue weighted by Crippen LogP contribution is -2.47. The quantitative estimate of drug-likeness (QED) is 0.876. The lowest BCUT2D eigenvalue weighted by atomic mass is 10.1. The van der Waals surface area contributed by atoms with E-state index in [4.69, 9.17) is 9.47 Å². The molecule has 0 fully saturated rings. The van der Waals surface area contributed by atoms with Gasteiger partial charge in [0.15, 0.2) is 6.23 Å². The number of nitrogens with zero attached hydrogens (tertiary/aromatic N) is 1. The number of aliphatic hydroxyl groups is 1. The summed E-state index contributed by atoms with van der Waals surface area (Å²) >= 11 is 0. The van der Waals surface area contributed by atoms with Crippen LogP contribution in [0.2, 0.25) is 0 Å². The van der Waals surface area contributed by atoms with Crippen LogP contribution in [0.3, 0.4) is 0 Å². The van der Waals surface area contributed by atoms with Crippen molar-refractivity contribution in [1.29, 1.82) is 0 Å². The molecule has 0 aliphatic carbocycles. The molecule has 1 amide bonds. The van der Waals surface area contributed by atoms with Gasteiger partial charge in [-0.1, -0.05) is 24.3 Å². The molecule has 2 atom stereocenters. The summed E-state index contributed by atoms with van der Waals surface area (Å²) in [6.07, 6.45) is 0.324. The minimum Gasteiger partial charge on any atom is -0.497 e. The second-order valence-corrected chi connectivity index (χ2v) is 6.28. The molecule has 132 valence electrons. The largest absolute Gasteiger partial charge is 0.497 e. The zero-order chi connectivity index (χ0) is 17.8. The number of carbonyl (C=O) groups excluding carboxylic acids is 1. The van der Waals surface area contributed by atoms with Gasteiger partial charge in [0.2, 0.25) is 0 Å². The highest BCUT2D eigenvalue weighted by atomic mass is 16.5. The number of methoxy groups -OCH3 is 1. The van der Waals surface area contributed by atoms with Crippen LogP contribution in [-0.4, -0.2) is 35.4 Å². The summed E-state index contributed by atoms with van der Waals surface area (Å²) in [5.41, 5.74) is 1.57. The van der Waals surface area contributed by atoms with E-state index in [0.29, 0.717) is 30.7 Å². The van der Waals surface area contributed by atoms with Crippen LogP contribution in [-0.2, 0) is 6.54 Å². The van der Waals surface area contributed by atoms with E-state index in [-0.39, 0.29) is 12.1 Å². The minimum atomic E-state index is -0.432. The van der Waals surface area contributed by atoms with Crippen molar-refractivity contribution in [3.05, 3.63) is 59.7 Å². The fourth-order valence-corrected chi connectivity index (χ4v) is 2.94. The van der Waals surface area contributed by atoms with Crippen LogP contribution in [0.1, 0.15) is 35.7 Å². The number of rotatable bonds is 6. The van der Waals surface area contributed by atoms with Crippen molar-refractivity contribution in [1.82, 2.24) is 4.90 Å². The number of benzene rings is 2. The highest BCUT2D eigenvalue weighted by Gasteiger charge is 2.33. The van der Waals surface area contributed by atoms with Gasteiger partial charge in [-0.3, -0.25) is 9.69 Å². The Bertz CT molecular complexity index is 727. The third-order valence-electron chi connectivity index (χ3n) is 4.33. The molecule has 2 unspecified atom stereocenters. The predicted molar refractivity (Wildman–Crippen MR) is 94.6 cm³/mol. The zero-order valence-electron chi connectivity index (χ0n) is 14.5. The number of hydrogen-bond donors (Lipinski definition) is 1. The molecule has 0 spiro atoms. The van der Waals surface area contributed by atoms with Gasteiger partial charge in [-0.15, -0.1) is 0 Å². The third kappa shape index (κ3) is 3.94. The lowest BCUT2D eigenvalue weighted by Gasteiger charge is -2.37. The van der Waals surface area contributed by atoms with E-state index >= 15 is 0 Å². The molecule has 1 aliphatic rings. The van der Waals surface area contributed by atoms with Gasteiger partial charge in [0.1, 0.15) is 11.5 Å². The molecule has 0 aromatic heterocycles. The molecule has 3 rings (SSSR count). The maximum absolute atomic E-state index is 13.0. The molecular formula is C20H23NO4. The Labute approximate surface area is 147 Å². The molecule has 1 N–H and O–H groups in total. The monoisotopic (exact) mass is 341 g/mol. The molecule has 0 saturated heterocycles. The number of amides is 1. The van der Waals surface area contributed by atoms with E-state index in [9.17, 15) is 9.90 Å². The summed E-state index contributed by atoms with van der Waals surface area (Å²) in [7, 11) is 1.63. The first-order valence-electron chi connectivity index (χ1n) is 8.46. The summed E-state index contributed by atoms with van der Waals surface area (Å²) in [6.45, 7) is 2.19. The van der Waals surface area contributed by atoms with Crippen molar-refractivity contribution in [2.75, 3.05) is 7.11 Å². The van der Waals surface area contributed by atoms with Crippen LogP contribution in [0.5, 0.6) is 11.5 Å². The fraction of sp³-hybridized carbons (Fsp3) is 0.350. The van der Waals surface area contributed by atoms with Gasteiger partial charge in [0, 0.05) is 13.0 Å². The first-order valence-corrected chi connectivity index (χ1v) is 8.46. The van der Waals surface area contributed by atoms with Crippen molar-refractivity contribution in [2.24, 2.45) is 0 Å². The smallest absolute Gasteiger partial charge is 0.260 e. The molecule has 5 nitrogen and oxygen atoms in total. The third-order valence-corrected chi connectivity index (χ3v) is 4.33. The Morgan fingerprint density at radius 1 is 1.20 bits per heavy atom. The van der Waals surface area contributed by atoms with Gasteiger partial charge >= 0.3 is 0 Å². The topological polar surface area (TPSA) is 59.0 Å². The summed E-state index contributed by atoms with van der Waals surface area (Å²) < 4.78 is 11.2.